The van der Waals surface area contributed by atoms with Gasteiger partial charge in [-0.05, 0) is 26.5 Å². The van der Waals surface area contributed by atoms with Crippen molar-refractivity contribution in [2.45, 2.75) is 26.0 Å². The number of nitro benzene ring substituents is 1. The van der Waals surface area contributed by atoms with Crippen molar-refractivity contribution in [3.8, 4) is 5.75 Å². The number of hydrogen-bond acceptors (Lipinski definition) is 5. The van der Waals surface area contributed by atoms with Crippen LogP contribution in [0.25, 0.3) is 0 Å². The van der Waals surface area contributed by atoms with Gasteiger partial charge in [-0.25, -0.2) is 0 Å². The number of methoxy groups -OCH3 is 1. The van der Waals surface area contributed by atoms with E-state index in [1.54, 1.807) is 20.1 Å². The first-order chi connectivity index (χ1) is 8.93. The summed E-state index contributed by atoms with van der Waals surface area (Å²) in [5.41, 5.74) is 0.824. The molecule has 0 bridgehead atoms. The van der Waals surface area contributed by atoms with Gasteiger partial charge in [-0.2, -0.15) is 0 Å². The van der Waals surface area contributed by atoms with Crippen LogP contribution in [-0.4, -0.2) is 41.7 Å². The Bertz CT molecular complexity index is 435. The van der Waals surface area contributed by atoms with Crippen LogP contribution in [0.5, 0.6) is 5.75 Å². The quantitative estimate of drug-likeness (QED) is 0.603. The predicted molar refractivity (Wildman–Crippen MR) is 72.3 cm³/mol. The van der Waals surface area contributed by atoms with Crippen LogP contribution in [0.15, 0.2) is 18.2 Å². The van der Waals surface area contributed by atoms with Gasteiger partial charge in [0, 0.05) is 30.8 Å². The van der Waals surface area contributed by atoms with Crippen LogP contribution in [0.4, 0.5) is 5.69 Å². The van der Waals surface area contributed by atoms with E-state index in [2.05, 4.69) is 0 Å². The van der Waals surface area contributed by atoms with Crippen LogP contribution in [0.3, 0.4) is 0 Å². The molecule has 0 saturated carbocycles. The maximum Gasteiger partial charge on any atom is 0.270 e. The molecule has 0 aromatic heterocycles. The lowest BCUT2D eigenvalue weighted by atomic mass is 10.1. The topological polar surface area (TPSA) is 75.8 Å². The van der Waals surface area contributed by atoms with Gasteiger partial charge in [0.05, 0.1) is 18.1 Å². The molecule has 0 fully saturated rings. The zero-order valence-corrected chi connectivity index (χ0v) is 11.5. The Morgan fingerprint density at radius 1 is 1.53 bits per heavy atom. The molecule has 1 atom stereocenters. The largest absolute Gasteiger partial charge is 0.496 e. The average molecular weight is 268 g/mol. The van der Waals surface area contributed by atoms with Crippen LogP contribution in [0, 0.1) is 10.1 Å². The lowest BCUT2D eigenvalue weighted by Crippen LogP contribution is -2.22. The van der Waals surface area contributed by atoms with Crippen molar-refractivity contribution in [3.05, 3.63) is 33.9 Å². The van der Waals surface area contributed by atoms with Crippen LogP contribution in [0.1, 0.15) is 18.9 Å². The van der Waals surface area contributed by atoms with Gasteiger partial charge >= 0.3 is 0 Å². The fraction of sp³-hybridized carbons (Fsp3) is 0.538. The highest BCUT2D eigenvalue weighted by atomic mass is 16.6. The maximum absolute atomic E-state index is 10.8. The third kappa shape index (κ3) is 4.84. The molecule has 0 saturated heterocycles. The SMILES string of the molecule is COc1ccc([N+](=O)[O-])cc1CN(C)CCC(C)O. The Kier molecular flexibility index (Phi) is 5.72. The van der Waals surface area contributed by atoms with E-state index in [9.17, 15) is 15.2 Å². The summed E-state index contributed by atoms with van der Waals surface area (Å²) < 4.78 is 5.21. The number of nitrogens with zero attached hydrogens (tertiary/aromatic N) is 2. The van der Waals surface area contributed by atoms with Crippen molar-refractivity contribution in [2.75, 3.05) is 20.7 Å². The fourth-order valence-electron chi connectivity index (χ4n) is 1.78. The molecule has 19 heavy (non-hydrogen) atoms. The molecule has 6 heteroatoms. The summed E-state index contributed by atoms with van der Waals surface area (Å²) in [4.78, 5) is 12.3. The van der Waals surface area contributed by atoms with Gasteiger partial charge in [0.1, 0.15) is 5.75 Å². The van der Waals surface area contributed by atoms with Crippen molar-refractivity contribution in [3.63, 3.8) is 0 Å². The van der Waals surface area contributed by atoms with Gasteiger partial charge in [0.2, 0.25) is 0 Å². The van der Waals surface area contributed by atoms with Gasteiger partial charge in [0.15, 0.2) is 0 Å². The number of benzene rings is 1. The van der Waals surface area contributed by atoms with E-state index in [0.29, 0.717) is 25.3 Å². The Morgan fingerprint density at radius 2 is 2.21 bits per heavy atom. The smallest absolute Gasteiger partial charge is 0.270 e. The van der Waals surface area contributed by atoms with Gasteiger partial charge < -0.3 is 14.7 Å². The van der Waals surface area contributed by atoms with Crippen molar-refractivity contribution in [1.82, 2.24) is 4.90 Å². The van der Waals surface area contributed by atoms with Crippen LogP contribution in [-0.2, 0) is 6.54 Å². The van der Waals surface area contributed by atoms with Crippen LogP contribution < -0.4 is 4.74 Å². The highest BCUT2D eigenvalue weighted by Gasteiger charge is 2.13. The summed E-state index contributed by atoms with van der Waals surface area (Å²) in [5.74, 6) is 0.634. The first kappa shape index (κ1) is 15.4. The van der Waals surface area contributed by atoms with Crippen LogP contribution in [0.2, 0.25) is 0 Å². The summed E-state index contributed by atoms with van der Waals surface area (Å²) >= 11 is 0. The van der Waals surface area contributed by atoms with Crippen LogP contribution >= 0.6 is 0 Å². The summed E-state index contributed by atoms with van der Waals surface area (Å²) in [6.45, 7) is 2.99. The minimum atomic E-state index is -0.418. The van der Waals surface area contributed by atoms with E-state index >= 15 is 0 Å². The molecule has 106 valence electrons. The van der Waals surface area contributed by atoms with E-state index in [0.717, 1.165) is 5.56 Å². The Hall–Kier alpha value is -1.66. The second-order valence-corrected chi connectivity index (χ2v) is 4.63. The molecule has 1 aromatic rings. The molecule has 1 aromatic carbocycles. The standard InChI is InChI=1S/C13H20N2O4/c1-10(16)6-7-14(2)9-11-8-12(15(17)18)4-5-13(11)19-3/h4-5,8,10,16H,6-7,9H2,1-3H3. The Morgan fingerprint density at radius 3 is 2.74 bits per heavy atom. The number of non-ortho nitro benzene ring substituents is 1. The minimum Gasteiger partial charge on any atom is -0.496 e. The zero-order chi connectivity index (χ0) is 14.4. The van der Waals surface area contributed by atoms with Gasteiger partial charge in [-0.15, -0.1) is 0 Å². The number of rotatable bonds is 7. The molecule has 0 aliphatic carbocycles. The number of aliphatic hydroxyl groups is 1. The zero-order valence-electron chi connectivity index (χ0n) is 11.5. The van der Waals surface area contributed by atoms with Gasteiger partial charge in [-0.1, -0.05) is 0 Å². The summed E-state index contributed by atoms with van der Waals surface area (Å²) in [6.07, 6.45) is 0.308. The average Bonchev–Trinajstić information content (AvgIpc) is 2.36. The first-order valence-electron chi connectivity index (χ1n) is 6.12. The minimum absolute atomic E-state index is 0.0553. The van der Waals surface area contributed by atoms with E-state index < -0.39 is 4.92 Å². The number of ether oxygens (including phenoxy) is 1. The van der Waals surface area contributed by atoms with Crippen molar-refractivity contribution in [2.24, 2.45) is 0 Å². The van der Waals surface area contributed by atoms with Crippen molar-refractivity contribution in [1.29, 1.82) is 0 Å². The lowest BCUT2D eigenvalue weighted by Gasteiger charge is -2.19. The van der Waals surface area contributed by atoms with E-state index in [4.69, 9.17) is 4.74 Å². The normalized spacial score (nSPS) is 12.5. The summed E-state index contributed by atoms with van der Waals surface area (Å²) in [5, 5.41) is 20.0. The van der Waals surface area contributed by atoms with Gasteiger partial charge in [-0.3, -0.25) is 10.1 Å². The maximum atomic E-state index is 10.8. The second kappa shape index (κ2) is 7.06. The van der Waals surface area contributed by atoms with E-state index in [1.807, 2.05) is 11.9 Å². The highest BCUT2D eigenvalue weighted by molar-refractivity contribution is 5.43. The molecule has 1 unspecified atom stereocenters. The third-order valence-electron chi connectivity index (χ3n) is 2.84. The van der Waals surface area contributed by atoms with E-state index in [-0.39, 0.29) is 11.8 Å². The lowest BCUT2D eigenvalue weighted by molar-refractivity contribution is -0.384. The molecule has 0 radical (unpaired) electrons. The van der Waals surface area contributed by atoms with Crippen molar-refractivity contribution >= 4 is 5.69 Å². The van der Waals surface area contributed by atoms with E-state index in [1.165, 1.54) is 12.1 Å². The molecule has 0 aliphatic heterocycles. The summed E-state index contributed by atoms with van der Waals surface area (Å²) in [6, 6.07) is 4.56. The summed E-state index contributed by atoms with van der Waals surface area (Å²) in [7, 11) is 3.45. The Labute approximate surface area is 112 Å². The third-order valence-corrected chi connectivity index (χ3v) is 2.84. The molecule has 0 heterocycles. The fourth-order valence-corrected chi connectivity index (χ4v) is 1.78. The molecule has 1 N–H and O–H groups in total. The number of hydrogen-bond donors (Lipinski definition) is 1. The molecule has 6 nitrogen and oxygen atoms in total. The predicted octanol–water partition coefficient (Wildman–Crippen LogP) is 1.81. The number of aliphatic hydroxyl groups excluding tert-OH is 1. The van der Waals surface area contributed by atoms with Crippen molar-refractivity contribution < 1.29 is 14.8 Å². The molecular weight excluding hydrogens is 248 g/mol. The molecular formula is C13H20N2O4. The molecule has 0 spiro atoms. The second-order valence-electron chi connectivity index (χ2n) is 4.63. The number of nitro groups is 1. The molecule has 1 rings (SSSR count). The van der Waals surface area contributed by atoms with Gasteiger partial charge in [0.25, 0.3) is 5.69 Å². The first-order valence-corrected chi connectivity index (χ1v) is 6.12. The molecule has 0 amide bonds. The monoisotopic (exact) mass is 268 g/mol. The molecule has 0 aliphatic rings. The Balaban J connectivity index is 2.79. The highest BCUT2D eigenvalue weighted by Crippen LogP contribution is 2.25.